The van der Waals surface area contributed by atoms with Crippen molar-refractivity contribution >= 4 is 28.1 Å². The number of hydrogen-bond acceptors (Lipinski definition) is 5. The van der Waals surface area contributed by atoms with Gasteiger partial charge in [0.2, 0.25) is 0 Å². The van der Waals surface area contributed by atoms with Crippen LogP contribution >= 0.6 is 11.3 Å². The van der Waals surface area contributed by atoms with Crippen LogP contribution in [0.3, 0.4) is 0 Å². The van der Waals surface area contributed by atoms with Crippen molar-refractivity contribution in [3.63, 3.8) is 0 Å². The summed E-state index contributed by atoms with van der Waals surface area (Å²) in [5, 5.41) is 14.3. The lowest BCUT2D eigenvalue weighted by Crippen LogP contribution is -2.29. The minimum atomic E-state index is -0.658. The first-order chi connectivity index (χ1) is 17.0. The van der Waals surface area contributed by atoms with Gasteiger partial charge in [-0.1, -0.05) is 54.6 Å². The minimum Gasteiger partial charge on any atom is -0.374 e. The number of nitrogens with zero attached hydrogens (tertiary/aromatic N) is 2. The predicted octanol–water partition coefficient (Wildman–Crippen LogP) is 5.99. The second-order valence-electron chi connectivity index (χ2n) is 8.97. The third kappa shape index (κ3) is 4.99. The summed E-state index contributed by atoms with van der Waals surface area (Å²) in [4.78, 5) is 20.9. The minimum absolute atomic E-state index is 0.0513. The smallest absolute Gasteiger partial charge is 0.258 e. The van der Waals surface area contributed by atoms with E-state index in [-0.39, 0.29) is 5.91 Å². The highest BCUT2D eigenvalue weighted by molar-refractivity contribution is 7.16. The van der Waals surface area contributed by atoms with Gasteiger partial charge in [-0.3, -0.25) is 4.79 Å². The number of benzene rings is 3. The van der Waals surface area contributed by atoms with Crippen molar-refractivity contribution in [2.24, 2.45) is 0 Å². The number of thiazole rings is 1. The van der Waals surface area contributed by atoms with Crippen molar-refractivity contribution in [3.8, 4) is 11.3 Å². The zero-order chi connectivity index (χ0) is 24.4. The average molecular weight is 484 g/mol. The molecule has 1 amide bonds. The summed E-state index contributed by atoms with van der Waals surface area (Å²) >= 11 is 1.55. The maximum atomic E-state index is 13.2. The van der Waals surface area contributed by atoms with Gasteiger partial charge < -0.3 is 15.3 Å². The van der Waals surface area contributed by atoms with Gasteiger partial charge in [0.15, 0.2) is 5.13 Å². The van der Waals surface area contributed by atoms with Crippen LogP contribution in [0.25, 0.3) is 11.3 Å². The molecule has 178 valence electrons. The van der Waals surface area contributed by atoms with E-state index in [0.29, 0.717) is 13.0 Å². The number of amides is 1. The van der Waals surface area contributed by atoms with E-state index in [1.165, 1.54) is 5.56 Å². The highest BCUT2D eigenvalue weighted by Crippen LogP contribution is 2.36. The molecule has 0 spiro atoms. The van der Waals surface area contributed by atoms with E-state index in [4.69, 9.17) is 4.98 Å². The summed E-state index contributed by atoms with van der Waals surface area (Å²) in [5.41, 5.74) is 7.04. The molecule has 1 aliphatic rings. The molecule has 0 aliphatic carbocycles. The van der Waals surface area contributed by atoms with Gasteiger partial charge in [0, 0.05) is 28.2 Å². The Balaban J connectivity index is 1.29. The van der Waals surface area contributed by atoms with E-state index in [9.17, 15) is 9.90 Å². The quantitative estimate of drug-likeness (QED) is 0.317. The van der Waals surface area contributed by atoms with Crippen LogP contribution in [-0.4, -0.2) is 28.8 Å². The number of fused-ring (bicyclic) bond motifs is 1. The molecule has 2 heterocycles. The maximum Gasteiger partial charge on any atom is 0.258 e. The van der Waals surface area contributed by atoms with Crippen molar-refractivity contribution in [1.29, 1.82) is 0 Å². The molecule has 0 radical (unpaired) electrons. The number of aryl methyl sites for hydroxylation is 3. The Hall–Kier alpha value is -3.48. The van der Waals surface area contributed by atoms with Gasteiger partial charge in [-0.15, -0.1) is 11.3 Å². The van der Waals surface area contributed by atoms with E-state index < -0.39 is 6.23 Å². The Kier molecular flexibility index (Phi) is 6.66. The number of aliphatic hydroxyl groups excluding tert-OH is 1. The Bertz CT molecular complexity index is 1350. The molecule has 0 bridgehead atoms. The Labute approximate surface area is 210 Å². The van der Waals surface area contributed by atoms with E-state index in [1.807, 2.05) is 66.4 Å². The monoisotopic (exact) mass is 483 g/mol. The number of carbonyl (C=O) groups excluding carboxylic acids is 1. The number of anilines is 2. The fourth-order valence-electron chi connectivity index (χ4n) is 4.61. The number of hydrogen-bond donors (Lipinski definition) is 2. The zero-order valence-corrected chi connectivity index (χ0v) is 20.8. The van der Waals surface area contributed by atoms with Crippen LogP contribution in [-0.2, 0) is 12.8 Å². The molecule has 5 nitrogen and oxygen atoms in total. The Morgan fingerprint density at radius 1 is 1.09 bits per heavy atom. The van der Waals surface area contributed by atoms with E-state index in [0.717, 1.165) is 56.5 Å². The first-order valence-electron chi connectivity index (χ1n) is 12.0. The van der Waals surface area contributed by atoms with Gasteiger partial charge >= 0.3 is 0 Å². The maximum absolute atomic E-state index is 13.2. The Morgan fingerprint density at radius 2 is 1.86 bits per heavy atom. The summed E-state index contributed by atoms with van der Waals surface area (Å²) < 4.78 is 0. The largest absolute Gasteiger partial charge is 0.374 e. The molecule has 4 aromatic rings. The second kappa shape index (κ2) is 10.0. The van der Waals surface area contributed by atoms with E-state index >= 15 is 0 Å². The average Bonchev–Trinajstić information content (AvgIpc) is 3.46. The van der Waals surface area contributed by atoms with Crippen molar-refractivity contribution in [2.75, 3.05) is 16.8 Å². The third-order valence-electron chi connectivity index (χ3n) is 6.51. The molecule has 5 rings (SSSR count). The van der Waals surface area contributed by atoms with Crippen molar-refractivity contribution < 1.29 is 9.90 Å². The molecule has 1 unspecified atom stereocenters. The van der Waals surface area contributed by atoms with Gasteiger partial charge in [-0.05, 0) is 68.0 Å². The van der Waals surface area contributed by atoms with Crippen molar-refractivity contribution in [3.05, 3.63) is 99.9 Å². The van der Waals surface area contributed by atoms with Crippen LogP contribution in [0.15, 0.2) is 72.8 Å². The fraction of sp³-hybridized carbons (Fsp3) is 0.241. The lowest BCUT2D eigenvalue weighted by molar-refractivity contribution is 0.0989. The molecule has 35 heavy (non-hydrogen) atoms. The molecule has 1 atom stereocenters. The Morgan fingerprint density at radius 3 is 2.66 bits per heavy atom. The number of carbonyl (C=O) groups is 1. The van der Waals surface area contributed by atoms with Crippen LogP contribution in [0.5, 0.6) is 0 Å². The number of aromatic nitrogens is 1. The summed E-state index contributed by atoms with van der Waals surface area (Å²) in [6.07, 6.45) is 1.58. The van der Waals surface area contributed by atoms with Crippen LogP contribution in [0, 0.1) is 13.8 Å². The SMILES string of the molecule is Cc1ccccc1C(=O)N1CCc2cc(-c3nc(NC(O)CCc4ccccc4)sc3C)ccc21. The van der Waals surface area contributed by atoms with Crippen molar-refractivity contribution in [2.45, 2.75) is 39.3 Å². The van der Waals surface area contributed by atoms with Gasteiger partial charge in [0.05, 0.1) is 5.69 Å². The lowest BCUT2D eigenvalue weighted by Gasteiger charge is -2.18. The number of rotatable bonds is 7. The summed E-state index contributed by atoms with van der Waals surface area (Å²) in [6, 6.07) is 24.1. The second-order valence-corrected chi connectivity index (χ2v) is 10.2. The van der Waals surface area contributed by atoms with Crippen LogP contribution in [0.4, 0.5) is 10.8 Å². The molecule has 0 saturated carbocycles. The lowest BCUT2D eigenvalue weighted by atomic mass is 10.0. The molecule has 3 aromatic carbocycles. The van der Waals surface area contributed by atoms with E-state index in [1.54, 1.807) is 11.3 Å². The normalized spacial score (nSPS) is 13.5. The highest BCUT2D eigenvalue weighted by Gasteiger charge is 2.27. The van der Waals surface area contributed by atoms with Crippen molar-refractivity contribution in [1.82, 2.24) is 4.98 Å². The van der Waals surface area contributed by atoms with Gasteiger partial charge in [0.1, 0.15) is 6.23 Å². The number of aliphatic hydroxyl groups is 1. The van der Waals surface area contributed by atoms with Crippen LogP contribution in [0.1, 0.15) is 38.3 Å². The fourth-order valence-corrected chi connectivity index (χ4v) is 5.49. The highest BCUT2D eigenvalue weighted by atomic mass is 32.1. The van der Waals surface area contributed by atoms with Crippen LogP contribution < -0.4 is 10.2 Å². The first-order valence-corrected chi connectivity index (χ1v) is 12.8. The molecule has 0 fully saturated rings. The number of nitrogens with one attached hydrogen (secondary N) is 1. The van der Waals surface area contributed by atoms with E-state index in [2.05, 4.69) is 30.4 Å². The summed E-state index contributed by atoms with van der Waals surface area (Å²) in [7, 11) is 0. The molecule has 1 aliphatic heterocycles. The molecule has 2 N–H and O–H groups in total. The molecular formula is C29H29N3O2S. The van der Waals surface area contributed by atoms with Crippen LogP contribution in [0.2, 0.25) is 0 Å². The standard InChI is InChI=1S/C29H29N3O2S/c1-19-8-6-7-11-24(19)28(34)32-17-16-22-18-23(13-14-25(22)32)27-20(2)35-29(31-27)30-26(33)15-12-21-9-4-3-5-10-21/h3-11,13-14,18,26,33H,12,15-17H2,1-2H3,(H,30,31). The predicted molar refractivity (Wildman–Crippen MR) is 143 cm³/mol. The third-order valence-corrected chi connectivity index (χ3v) is 7.41. The summed E-state index contributed by atoms with van der Waals surface area (Å²) in [6.45, 7) is 4.71. The van der Waals surface area contributed by atoms with Gasteiger partial charge in [-0.2, -0.15) is 0 Å². The summed E-state index contributed by atoms with van der Waals surface area (Å²) in [5.74, 6) is 0.0513. The van der Waals surface area contributed by atoms with Gasteiger partial charge in [-0.25, -0.2) is 4.98 Å². The van der Waals surface area contributed by atoms with Gasteiger partial charge in [0.25, 0.3) is 5.91 Å². The topological polar surface area (TPSA) is 65.5 Å². The molecule has 6 heteroatoms. The first kappa shape index (κ1) is 23.3. The molecule has 0 saturated heterocycles. The zero-order valence-electron chi connectivity index (χ0n) is 20.0. The molecular weight excluding hydrogens is 454 g/mol. The molecule has 1 aromatic heterocycles.